The van der Waals surface area contributed by atoms with E-state index in [1.54, 1.807) is 6.92 Å². The predicted octanol–water partition coefficient (Wildman–Crippen LogP) is 3.32. The number of carboxylic acids is 1. The van der Waals surface area contributed by atoms with Crippen LogP contribution in [0.15, 0.2) is 47.0 Å². The second kappa shape index (κ2) is 7.25. The molecule has 1 aromatic carbocycles. The van der Waals surface area contributed by atoms with Gasteiger partial charge in [0.1, 0.15) is 11.3 Å². The summed E-state index contributed by atoms with van der Waals surface area (Å²) in [5, 5.41) is 13.1. The Kier molecular flexibility index (Phi) is 4.88. The fraction of sp³-hybridized carbons (Fsp3) is 0.263. The number of nitrogens with one attached hydrogen (secondary N) is 1. The number of aromatic nitrogens is 1. The van der Waals surface area contributed by atoms with Crippen molar-refractivity contribution in [3.63, 3.8) is 0 Å². The topological polar surface area (TPSA) is 84.5 Å². The number of furan rings is 1. The number of aryl methyl sites for hydroxylation is 2. The minimum Gasteiger partial charge on any atom is -0.478 e. The van der Waals surface area contributed by atoms with E-state index < -0.39 is 5.97 Å². The third-order valence-electron chi connectivity index (χ3n) is 4.13. The molecule has 0 unspecified atom stereocenters. The standard InChI is InChI=1S/C19H20N2O4/c1-2-16-14(19(23)24)12-17(25-16)18(22)20-9-5-10-21-11-8-13-6-3-4-7-15(13)21/h3-4,6-8,11-12H,2,5,9-10H2,1H3,(H,20,22)(H,23,24). The highest BCUT2D eigenvalue weighted by Crippen LogP contribution is 2.17. The molecule has 3 aromatic rings. The summed E-state index contributed by atoms with van der Waals surface area (Å²) in [6, 6.07) is 11.5. The average Bonchev–Trinajstić information content (AvgIpc) is 3.23. The van der Waals surface area contributed by atoms with Gasteiger partial charge in [-0.1, -0.05) is 25.1 Å². The third-order valence-corrected chi connectivity index (χ3v) is 4.13. The molecule has 2 N–H and O–H groups in total. The van der Waals surface area contributed by atoms with Crippen LogP contribution in [0.2, 0.25) is 0 Å². The molecule has 2 aromatic heterocycles. The van der Waals surface area contributed by atoms with Crippen molar-refractivity contribution in [1.29, 1.82) is 0 Å². The monoisotopic (exact) mass is 340 g/mol. The first-order chi connectivity index (χ1) is 12.1. The van der Waals surface area contributed by atoms with Crippen molar-refractivity contribution >= 4 is 22.8 Å². The Hall–Kier alpha value is -3.02. The normalized spacial score (nSPS) is 10.9. The van der Waals surface area contributed by atoms with Gasteiger partial charge in [-0.05, 0) is 23.9 Å². The van der Waals surface area contributed by atoms with E-state index in [4.69, 9.17) is 9.52 Å². The first-order valence-corrected chi connectivity index (χ1v) is 8.28. The van der Waals surface area contributed by atoms with Crippen LogP contribution >= 0.6 is 0 Å². The lowest BCUT2D eigenvalue weighted by molar-refractivity contribution is 0.0694. The molecule has 0 atom stereocenters. The zero-order valence-electron chi connectivity index (χ0n) is 14.0. The maximum absolute atomic E-state index is 12.1. The fourth-order valence-corrected chi connectivity index (χ4v) is 2.86. The van der Waals surface area contributed by atoms with E-state index in [2.05, 4.69) is 28.1 Å². The van der Waals surface area contributed by atoms with Crippen LogP contribution in [0.1, 0.15) is 40.0 Å². The Morgan fingerprint density at radius 3 is 2.76 bits per heavy atom. The molecule has 6 nitrogen and oxygen atoms in total. The number of aromatic carboxylic acids is 1. The van der Waals surface area contributed by atoms with E-state index in [-0.39, 0.29) is 17.2 Å². The van der Waals surface area contributed by atoms with Gasteiger partial charge >= 0.3 is 5.97 Å². The van der Waals surface area contributed by atoms with E-state index in [0.29, 0.717) is 18.7 Å². The van der Waals surface area contributed by atoms with Gasteiger partial charge in [0.25, 0.3) is 5.91 Å². The van der Waals surface area contributed by atoms with Gasteiger partial charge < -0.3 is 19.4 Å². The zero-order valence-corrected chi connectivity index (χ0v) is 14.0. The third kappa shape index (κ3) is 3.57. The van der Waals surface area contributed by atoms with Gasteiger partial charge in [0.05, 0.1) is 0 Å². The molecule has 6 heteroatoms. The summed E-state index contributed by atoms with van der Waals surface area (Å²) in [5.74, 6) is -1.11. The Bertz CT molecular complexity index is 907. The highest BCUT2D eigenvalue weighted by molar-refractivity contribution is 5.96. The SMILES string of the molecule is CCc1oc(C(=O)NCCCn2ccc3ccccc32)cc1C(=O)O. The number of hydrogen-bond acceptors (Lipinski definition) is 3. The second-order valence-electron chi connectivity index (χ2n) is 5.78. The van der Waals surface area contributed by atoms with Gasteiger partial charge in [0, 0.05) is 37.3 Å². The quantitative estimate of drug-likeness (QED) is 0.646. The Morgan fingerprint density at radius 1 is 1.24 bits per heavy atom. The van der Waals surface area contributed by atoms with E-state index in [1.165, 1.54) is 17.0 Å². The van der Waals surface area contributed by atoms with Crippen molar-refractivity contribution in [2.45, 2.75) is 26.3 Å². The van der Waals surface area contributed by atoms with Gasteiger partial charge in [-0.3, -0.25) is 4.79 Å². The van der Waals surface area contributed by atoms with Gasteiger partial charge in [0.15, 0.2) is 5.76 Å². The molecule has 130 valence electrons. The Balaban J connectivity index is 1.55. The largest absolute Gasteiger partial charge is 0.478 e. The lowest BCUT2D eigenvalue weighted by Crippen LogP contribution is -2.24. The van der Waals surface area contributed by atoms with Crippen LogP contribution in [-0.2, 0) is 13.0 Å². The lowest BCUT2D eigenvalue weighted by Gasteiger charge is -2.06. The molecule has 0 aliphatic rings. The lowest BCUT2D eigenvalue weighted by atomic mass is 10.2. The number of para-hydroxylation sites is 1. The molecular formula is C19H20N2O4. The first-order valence-electron chi connectivity index (χ1n) is 8.28. The number of hydrogen-bond donors (Lipinski definition) is 2. The van der Waals surface area contributed by atoms with Crippen LogP contribution in [0.4, 0.5) is 0 Å². The number of rotatable bonds is 7. The fourth-order valence-electron chi connectivity index (χ4n) is 2.86. The molecular weight excluding hydrogens is 320 g/mol. The van der Waals surface area contributed by atoms with Crippen molar-refractivity contribution in [3.05, 3.63) is 59.7 Å². The van der Waals surface area contributed by atoms with Crippen molar-refractivity contribution in [1.82, 2.24) is 9.88 Å². The van der Waals surface area contributed by atoms with Gasteiger partial charge in [-0.15, -0.1) is 0 Å². The van der Waals surface area contributed by atoms with Crippen molar-refractivity contribution in [2.75, 3.05) is 6.54 Å². The van der Waals surface area contributed by atoms with Gasteiger partial charge in [-0.25, -0.2) is 4.79 Å². The summed E-state index contributed by atoms with van der Waals surface area (Å²) >= 11 is 0. The van der Waals surface area contributed by atoms with E-state index in [1.807, 2.05) is 18.3 Å². The molecule has 0 saturated heterocycles. The van der Waals surface area contributed by atoms with E-state index >= 15 is 0 Å². The number of carboxylic acid groups (broad SMARTS) is 1. The van der Waals surface area contributed by atoms with Crippen molar-refractivity contribution in [3.8, 4) is 0 Å². The Morgan fingerprint density at radius 2 is 2.04 bits per heavy atom. The maximum atomic E-state index is 12.1. The second-order valence-corrected chi connectivity index (χ2v) is 5.78. The minimum atomic E-state index is -1.08. The maximum Gasteiger partial charge on any atom is 0.339 e. The number of benzene rings is 1. The minimum absolute atomic E-state index is 0.0423. The first kappa shape index (κ1) is 16.8. The number of amides is 1. The van der Waals surface area contributed by atoms with E-state index in [9.17, 15) is 9.59 Å². The van der Waals surface area contributed by atoms with Crippen LogP contribution in [0, 0.1) is 0 Å². The summed E-state index contributed by atoms with van der Waals surface area (Å²) in [7, 11) is 0. The molecule has 25 heavy (non-hydrogen) atoms. The summed E-state index contributed by atoms with van der Waals surface area (Å²) in [6.45, 7) is 3.05. The highest BCUT2D eigenvalue weighted by atomic mass is 16.4. The predicted molar refractivity (Wildman–Crippen MR) is 93.9 cm³/mol. The summed E-state index contributed by atoms with van der Waals surface area (Å²) in [5.41, 5.74) is 1.21. The van der Waals surface area contributed by atoms with Crippen molar-refractivity contribution < 1.29 is 19.1 Å². The molecule has 3 rings (SSSR count). The average molecular weight is 340 g/mol. The number of carbonyl (C=O) groups excluding carboxylic acids is 1. The van der Waals surface area contributed by atoms with Crippen LogP contribution in [0.3, 0.4) is 0 Å². The molecule has 0 radical (unpaired) electrons. The number of carbonyl (C=O) groups is 2. The van der Waals surface area contributed by atoms with Crippen LogP contribution < -0.4 is 5.32 Å². The molecule has 2 heterocycles. The van der Waals surface area contributed by atoms with Crippen LogP contribution in [0.5, 0.6) is 0 Å². The summed E-state index contributed by atoms with van der Waals surface area (Å²) in [6.07, 6.45) is 3.22. The van der Waals surface area contributed by atoms with Crippen molar-refractivity contribution in [2.24, 2.45) is 0 Å². The Labute approximate surface area is 145 Å². The molecule has 0 aliphatic carbocycles. The smallest absolute Gasteiger partial charge is 0.339 e. The molecule has 1 amide bonds. The number of nitrogens with zero attached hydrogens (tertiary/aromatic N) is 1. The molecule has 0 spiro atoms. The molecule has 0 saturated carbocycles. The zero-order chi connectivity index (χ0) is 17.8. The van der Waals surface area contributed by atoms with Gasteiger partial charge in [-0.2, -0.15) is 0 Å². The summed E-state index contributed by atoms with van der Waals surface area (Å²) < 4.78 is 7.49. The summed E-state index contributed by atoms with van der Waals surface area (Å²) in [4.78, 5) is 23.2. The van der Waals surface area contributed by atoms with Crippen LogP contribution in [0.25, 0.3) is 10.9 Å². The van der Waals surface area contributed by atoms with Crippen LogP contribution in [-0.4, -0.2) is 28.1 Å². The molecule has 0 bridgehead atoms. The highest BCUT2D eigenvalue weighted by Gasteiger charge is 2.19. The van der Waals surface area contributed by atoms with Gasteiger partial charge in [0.2, 0.25) is 0 Å². The molecule has 0 fully saturated rings. The molecule has 0 aliphatic heterocycles. The number of fused-ring (bicyclic) bond motifs is 1. The van der Waals surface area contributed by atoms with E-state index in [0.717, 1.165) is 13.0 Å².